The lowest BCUT2D eigenvalue weighted by atomic mass is 10.3. The lowest BCUT2D eigenvalue weighted by Gasteiger charge is -2.00. The number of nitro benzene ring substituents is 1. The number of ketones is 1. The summed E-state index contributed by atoms with van der Waals surface area (Å²) in [6.45, 7) is -0.394. The average molecular weight is 266 g/mol. The maximum Gasteiger partial charge on any atom is 0.420 e. The maximum atomic E-state index is 11.6. The van der Waals surface area contributed by atoms with E-state index >= 15 is 0 Å². The number of ether oxygens (including phenoxy) is 1. The molecule has 0 aliphatic carbocycles. The first kappa shape index (κ1) is 13.0. The molecule has 0 bridgehead atoms. The Hall–Kier alpha value is -2.48. The van der Waals surface area contributed by atoms with Crippen molar-refractivity contribution in [1.29, 1.82) is 0 Å². The highest BCUT2D eigenvalue weighted by Crippen LogP contribution is 2.19. The van der Waals surface area contributed by atoms with Gasteiger partial charge in [0, 0.05) is 19.2 Å². The van der Waals surface area contributed by atoms with Gasteiger partial charge in [-0.1, -0.05) is 0 Å². The number of hydrogen-bond acceptors (Lipinski definition) is 6. The van der Waals surface area contributed by atoms with Crippen LogP contribution in [0.4, 0.5) is 5.69 Å². The van der Waals surface area contributed by atoms with Crippen LogP contribution < -0.4 is 5.76 Å². The quantitative estimate of drug-likeness (QED) is 0.583. The largest absolute Gasteiger partial charge is 0.420 e. The zero-order valence-electron chi connectivity index (χ0n) is 9.99. The fraction of sp³-hybridized carbons (Fsp3) is 0.273. The number of nitro groups is 1. The minimum atomic E-state index is -0.736. The van der Waals surface area contributed by atoms with Crippen LogP contribution in [0, 0.1) is 10.1 Å². The highest BCUT2D eigenvalue weighted by molar-refractivity contribution is 5.82. The van der Waals surface area contributed by atoms with Gasteiger partial charge in [0.25, 0.3) is 5.69 Å². The maximum absolute atomic E-state index is 11.6. The van der Waals surface area contributed by atoms with Crippen LogP contribution in [-0.2, 0) is 16.1 Å². The van der Waals surface area contributed by atoms with E-state index in [1.165, 1.54) is 25.3 Å². The second kappa shape index (κ2) is 5.02. The van der Waals surface area contributed by atoms with Gasteiger partial charge in [-0.2, -0.15) is 0 Å². The van der Waals surface area contributed by atoms with Crippen LogP contribution in [-0.4, -0.2) is 29.0 Å². The lowest BCUT2D eigenvalue weighted by Crippen LogP contribution is -2.22. The molecule has 2 aromatic rings. The molecule has 0 spiro atoms. The molecule has 1 heterocycles. The minimum absolute atomic E-state index is 0.145. The van der Waals surface area contributed by atoms with Crippen LogP contribution >= 0.6 is 0 Å². The molecule has 0 unspecified atom stereocenters. The van der Waals surface area contributed by atoms with E-state index < -0.39 is 10.7 Å². The third-order valence-electron chi connectivity index (χ3n) is 2.50. The first-order valence-corrected chi connectivity index (χ1v) is 5.31. The van der Waals surface area contributed by atoms with Crippen molar-refractivity contribution in [1.82, 2.24) is 4.57 Å². The molecule has 100 valence electrons. The second-order valence-corrected chi connectivity index (χ2v) is 3.83. The Balaban J connectivity index is 2.50. The molecule has 1 aromatic heterocycles. The molecule has 0 aliphatic heterocycles. The molecule has 0 atom stereocenters. The number of aromatic nitrogens is 1. The summed E-state index contributed by atoms with van der Waals surface area (Å²) in [7, 11) is 1.36. The van der Waals surface area contributed by atoms with E-state index in [0.29, 0.717) is 0 Å². The third kappa shape index (κ3) is 2.52. The smallest absolute Gasteiger partial charge is 0.408 e. The Bertz CT molecular complexity index is 699. The van der Waals surface area contributed by atoms with Gasteiger partial charge in [0.2, 0.25) is 0 Å². The van der Waals surface area contributed by atoms with E-state index in [1.807, 2.05) is 0 Å². The molecule has 1 aromatic carbocycles. The predicted octanol–water partition coefficient (Wildman–Crippen LogP) is 0.718. The Morgan fingerprint density at radius 3 is 2.89 bits per heavy atom. The highest BCUT2D eigenvalue weighted by Gasteiger charge is 2.16. The van der Waals surface area contributed by atoms with E-state index in [-0.39, 0.29) is 35.7 Å². The first-order chi connectivity index (χ1) is 9.02. The van der Waals surface area contributed by atoms with Gasteiger partial charge in [-0.25, -0.2) is 4.79 Å². The van der Waals surface area contributed by atoms with Gasteiger partial charge in [0.15, 0.2) is 11.4 Å². The van der Waals surface area contributed by atoms with Crippen LogP contribution in [0.5, 0.6) is 0 Å². The summed E-state index contributed by atoms with van der Waals surface area (Å²) < 4.78 is 10.6. The summed E-state index contributed by atoms with van der Waals surface area (Å²) in [5.41, 5.74) is 0.228. The number of methoxy groups -OCH3 is 1. The molecule has 0 saturated carbocycles. The molecule has 8 nitrogen and oxygen atoms in total. The van der Waals surface area contributed by atoms with Crippen molar-refractivity contribution in [2.45, 2.75) is 6.54 Å². The fourth-order valence-corrected chi connectivity index (χ4v) is 1.70. The number of rotatable bonds is 5. The molecule has 8 heteroatoms. The Morgan fingerprint density at radius 1 is 1.53 bits per heavy atom. The summed E-state index contributed by atoms with van der Waals surface area (Å²) in [4.78, 5) is 33.2. The number of hydrogen-bond donors (Lipinski definition) is 0. The average Bonchev–Trinajstić information content (AvgIpc) is 2.65. The number of benzene rings is 1. The van der Waals surface area contributed by atoms with Crippen molar-refractivity contribution in [2.24, 2.45) is 0 Å². The summed E-state index contributed by atoms with van der Waals surface area (Å²) >= 11 is 0. The van der Waals surface area contributed by atoms with Crippen molar-refractivity contribution < 1.29 is 18.9 Å². The monoisotopic (exact) mass is 266 g/mol. The minimum Gasteiger partial charge on any atom is -0.408 e. The molecule has 2 rings (SSSR count). The summed E-state index contributed by atoms with van der Waals surface area (Å²) in [5.74, 6) is -1.07. The van der Waals surface area contributed by atoms with Crippen molar-refractivity contribution in [3.8, 4) is 0 Å². The molecular formula is C11H10N2O6. The number of non-ortho nitro benzene ring substituents is 1. The molecule has 0 aliphatic rings. The molecular weight excluding hydrogens is 256 g/mol. The topological polar surface area (TPSA) is 105 Å². The van der Waals surface area contributed by atoms with Crippen LogP contribution in [0.3, 0.4) is 0 Å². The molecule has 0 amide bonds. The van der Waals surface area contributed by atoms with Crippen LogP contribution in [0.15, 0.2) is 27.4 Å². The molecule has 0 N–H and O–H groups in total. The van der Waals surface area contributed by atoms with Crippen LogP contribution in [0.25, 0.3) is 11.1 Å². The standard InChI is InChI=1S/C11H10N2O6/c1-18-6-8(14)5-12-9-4-7(13(16)17)2-3-10(9)19-11(12)15/h2-4H,5-6H2,1H3. The summed E-state index contributed by atoms with van der Waals surface area (Å²) in [6, 6.07) is 3.75. The van der Waals surface area contributed by atoms with Crippen LogP contribution in [0.1, 0.15) is 0 Å². The first-order valence-electron chi connectivity index (χ1n) is 5.31. The van der Waals surface area contributed by atoms with Gasteiger partial charge in [0.1, 0.15) is 6.61 Å². The van der Waals surface area contributed by atoms with Crippen molar-refractivity contribution in [3.63, 3.8) is 0 Å². The summed E-state index contributed by atoms with van der Waals surface area (Å²) in [5, 5.41) is 10.7. The molecule has 0 fully saturated rings. The van der Waals surface area contributed by atoms with Gasteiger partial charge in [-0.3, -0.25) is 19.5 Å². The molecule has 0 radical (unpaired) electrons. The van der Waals surface area contributed by atoms with Crippen molar-refractivity contribution in [2.75, 3.05) is 13.7 Å². The van der Waals surface area contributed by atoms with E-state index in [0.717, 1.165) is 4.57 Å². The van der Waals surface area contributed by atoms with E-state index in [2.05, 4.69) is 4.74 Å². The van der Waals surface area contributed by atoms with Crippen molar-refractivity contribution in [3.05, 3.63) is 38.9 Å². The Morgan fingerprint density at radius 2 is 2.26 bits per heavy atom. The van der Waals surface area contributed by atoms with Gasteiger partial charge in [-0.15, -0.1) is 0 Å². The predicted molar refractivity (Wildman–Crippen MR) is 64.0 cm³/mol. The molecule has 19 heavy (non-hydrogen) atoms. The Kier molecular flexibility index (Phi) is 3.43. The number of fused-ring (bicyclic) bond motifs is 1. The number of carbonyl (C=O) groups excluding carboxylic acids is 1. The van der Waals surface area contributed by atoms with Gasteiger partial charge < -0.3 is 9.15 Å². The summed E-state index contributed by atoms with van der Waals surface area (Å²) in [6.07, 6.45) is 0. The highest BCUT2D eigenvalue weighted by atomic mass is 16.6. The number of carbonyl (C=O) groups is 1. The van der Waals surface area contributed by atoms with E-state index in [9.17, 15) is 19.7 Å². The van der Waals surface area contributed by atoms with E-state index in [4.69, 9.17) is 4.42 Å². The number of Topliss-reactive ketones (excluding diaryl/α,β-unsaturated/α-hetero) is 1. The van der Waals surface area contributed by atoms with Gasteiger partial charge >= 0.3 is 5.76 Å². The van der Waals surface area contributed by atoms with Gasteiger partial charge in [0.05, 0.1) is 17.0 Å². The molecule has 0 saturated heterocycles. The zero-order chi connectivity index (χ0) is 14.0. The normalized spacial score (nSPS) is 10.8. The second-order valence-electron chi connectivity index (χ2n) is 3.83. The van der Waals surface area contributed by atoms with Crippen molar-refractivity contribution >= 4 is 22.6 Å². The third-order valence-corrected chi connectivity index (χ3v) is 2.50. The van der Waals surface area contributed by atoms with E-state index in [1.54, 1.807) is 0 Å². The number of nitrogens with zero attached hydrogens (tertiary/aromatic N) is 2. The fourth-order valence-electron chi connectivity index (χ4n) is 1.70. The van der Waals surface area contributed by atoms with Crippen LogP contribution in [0.2, 0.25) is 0 Å². The SMILES string of the molecule is COCC(=O)Cn1c(=O)oc2ccc([N+](=O)[O-])cc21. The Labute approximate surface area is 106 Å². The number of oxazole rings is 1. The zero-order valence-corrected chi connectivity index (χ0v) is 9.99. The van der Waals surface area contributed by atoms with Gasteiger partial charge in [-0.05, 0) is 6.07 Å². The lowest BCUT2D eigenvalue weighted by molar-refractivity contribution is -0.384.